The second kappa shape index (κ2) is 8.22. The zero-order chi connectivity index (χ0) is 13.7. The summed E-state index contributed by atoms with van der Waals surface area (Å²) in [5, 5.41) is 6.36. The fraction of sp³-hybridized carbons (Fsp3) is 0.533. The summed E-state index contributed by atoms with van der Waals surface area (Å²) in [4.78, 5) is 11.9. The molecule has 2 atom stereocenters. The molecule has 1 heterocycles. The second-order valence-corrected chi connectivity index (χ2v) is 5.27. The van der Waals surface area contributed by atoms with Crippen LogP contribution in [0.4, 0.5) is 4.39 Å². The largest absolute Gasteiger partial charge is 0.353 e. The van der Waals surface area contributed by atoms with Gasteiger partial charge in [-0.3, -0.25) is 4.79 Å². The molecule has 5 heteroatoms. The van der Waals surface area contributed by atoms with Crippen LogP contribution in [0.3, 0.4) is 0 Å². The zero-order valence-corrected chi connectivity index (χ0v) is 12.5. The van der Waals surface area contributed by atoms with Crippen LogP contribution < -0.4 is 10.6 Å². The molecule has 0 bridgehead atoms. The highest BCUT2D eigenvalue weighted by atomic mass is 35.5. The van der Waals surface area contributed by atoms with Crippen LogP contribution in [-0.4, -0.2) is 25.0 Å². The summed E-state index contributed by atoms with van der Waals surface area (Å²) in [6, 6.07) is 6.36. The number of hydrogen-bond donors (Lipinski definition) is 2. The maximum absolute atomic E-state index is 13.0. The smallest absolute Gasteiger partial charge is 0.224 e. The quantitative estimate of drug-likeness (QED) is 0.896. The Hall–Kier alpha value is -1.13. The summed E-state index contributed by atoms with van der Waals surface area (Å²) in [6.07, 6.45) is 2.55. The molecule has 1 saturated heterocycles. The monoisotopic (exact) mass is 300 g/mol. The Labute approximate surface area is 125 Å². The molecule has 2 N–H and O–H groups in total. The van der Waals surface area contributed by atoms with Crippen LogP contribution in [-0.2, 0) is 11.2 Å². The van der Waals surface area contributed by atoms with Crippen molar-refractivity contribution in [3.8, 4) is 0 Å². The average molecular weight is 301 g/mol. The van der Waals surface area contributed by atoms with Crippen molar-refractivity contribution in [2.24, 2.45) is 5.92 Å². The number of hydrogen-bond acceptors (Lipinski definition) is 2. The lowest BCUT2D eigenvalue weighted by atomic mass is 9.92. The molecular weight excluding hydrogens is 279 g/mol. The van der Waals surface area contributed by atoms with E-state index in [0.717, 1.165) is 25.9 Å². The van der Waals surface area contributed by atoms with Crippen molar-refractivity contribution < 1.29 is 9.18 Å². The van der Waals surface area contributed by atoms with Gasteiger partial charge < -0.3 is 10.6 Å². The van der Waals surface area contributed by atoms with Gasteiger partial charge in [0.05, 0.1) is 6.42 Å². The molecule has 3 nitrogen and oxygen atoms in total. The molecule has 1 fully saturated rings. The van der Waals surface area contributed by atoms with Crippen LogP contribution in [0, 0.1) is 11.7 Å². The molecule has 1 aromatic carbocycles. The fourth-order valence-electron chi connectivity index (χ4n) is 2.56. The third-order valence-electron chi connectivity index (χ3n) is 3.68. The molecule has 0 spiro atoms. The maximum atomic E-state index is 13.0. The van der Waals surface area contributed by atoms with Crippen molar-refractivity contribution >= 4 is 18.3 Å². The van der Waals surface area contributed by atoms with Gasteiger partial charge in [0.2, 0.25) is 5.91 Å². The molecule has 0 aliphatic carbocycles. The molecule has 0 saturated carbocycles. The molecule has 112 valence electrons. The normalized spacial score (nSPS) is 19.8. The highest BCUT2D eigenvalue weighted by Gasteiger charge is 2.21. The molecule has 1 aromatic rings. The first kappa shape index (κ1) is 16.9. The van der Waals surface area contributed by atoms with Gasteiger partial charge in [-0.15, -0.1) is 12.4 Å². The molecule has 1 amide bonds. The summed E-state index contributed by atoms with van der Waals surface area (Å²) in [5.41, 5.74) is 0.714. The maximum Gasteiger partial charge on any atom is 0.224 e. The molecule has 1 aliphatic rings. The summed E-state index contributed by atoms with van der Waals surface area (Å²) in [6.45, 7) is 4.07. The van der Waals surface area contributed by atoms with Crippen LogP contribution in [0.1, 0.15) is 25.3 Å². The molecule has 0 radical (unpaired) electrons. The summed E-state index contributed by atoms with van der Waals surface area (Å²) >= 11 is 0. The molecule has 0 aromatic heterocycles. The van der Waals surface area contributed by atoms with E-state index in [-0.39, 0.29) is 36.6 Å². The van der Waals surface area contributed by atoms with E-state index in [9.17, 15) is 9.18 Å². The Bertz CT molecular complexity index is 436. The van der Waals surface area contributed by atoms with Gasteiger partial charge in [0.25, 0.3) is 0 Å². The highest BCUT2D eigenvalue weighted by Crippen LogP contribution is 2.14. The van der Waals surface area contributed by atoms with E-state index in [1.54, 1.807) is 12.1 Å². The van der Waals surface area contributed by atoms with E-state index in [1.807, 2.05) is 6.92 Å². The summed E-state index contributed by atoms with van der Waals surface area (Å²) < 4.78 is 13.0. The van der Waals surface area contributed by atoms with E-state index in [2.05, 4.69) is 10.6 Å². The Morgan fingerprint density at radius 1 is 1.55 bits per heavy atom. The van der Waals surface area contributed by atoms with E-state index in [0.29, 0.717) is 11.5 Å². The standard InChI is InChI=1S/C15H21FN2O.ClH/c1-11(13-5-3-7-17-10-13)18-15(19)9-12-4-2-6-14(16)8-12;/h2,4,6,8,11,13,17H,3,5,7,9-10H2,1H3,(H,18,19);1H. The van der Waals surface area contributed by atoms with Crippen LogP contribution >= 0.6 is 12.4 Å². The summed E-state index contributed by atoms with van der Waals surface area (Å²) in [5.74, 6) is 0.156. The first-order chi connectivity index (χ1) is 9.15. The number of nitrogens with one attached hydrogen (secondary N) is 2. The van der Waals surface area contributed by atoms with Crippen molar-refractivity contribution in [1.82, 2.24) is 10.6 Å². The lowest BCUT2D eigenvalue weighted by molar-refractivity contribution is -0.121. The second-order valence-electron chi connectivity index (χ2n) is 5.27. The van der Waals surface area contributed by atoms with Gasteiger partial charge in [-0.2, -0.15) is 0 Å². The predicted molar refractivity (Wildman–Crippen MR) is 80.6 cm³/mol. The minimum Gasteiger partial charge on any atom is -0.353 e. The number of benzene rings is 1. The van der Waals surface area contributed by atoms with Crippen LogP contribution in [0.15, 0.2) is 24.3 Å². The van der Waals surface area contributed by atoms with Gasteiger partial charge in [0.1, 0.15) is 5.82 Å². The Morgan fingerprint density at radius 3 is 3.00 bits per heavy atom. The van der Waals surface area contributed by atoms with Gasteiger partial charge in [0.15, 0.2) is 0 Å². The third-order valence-corrected chi connectivity index (χ3v) is 3.68. The SMILES string of the molecule is CC(NC(=O)Cc1cccc(F)c1)C1CCCNC1.Cl. The van der Waals surface area contributed by atoms with Crippen molar-refractivity contribution in [3.05, 3.63) is 35.6 Å². The number of halogens is 2. The minimum atomic E-state index is -0.296. The lowest BCUT2D eigenvalue weighted by Crippen LogP contribution is -2.45. The van der Waals surface area contributed by atoms with Crippen molar-refractivity contribution in [3.63, 3.8) is 0 Å². The van der Waals surface area contributed by atoms with Gasteiger partial charge >= 0.3 is 0 Å². The number of amides is 1. The predicted octanol–water partition coefficient (Wildman–Crippen LogP) is 2.29. The van der Waals surface area contributed by atoms with Gasteiger partial charge in [-0.25, -0.2) is 4.39 Å². The Kier molecular flexibility index (Phi) is 6.96. The Balaban J connectivity index is 0.00000200. The Morgan fingerprint density at radius 2 is 2.35 bits per heavy atom. The van der Waals surface area contributed by atoms with E-state index in [1.165, 1.54) is 12.1 Å². The van der Waals surface area contributed by atoms with E-state index < -0.39 is 0 Å². The first-order valence-electron chi connectivity index (χ1n) is 6.89. The average Bonchev–Trinajstić information content (AvgIpc) is 2.39. The minimum absolute atomic E-state index is 0. The van der Waals surface area contributed by atoms with Crippen molar-refractivity contribution in [2.45, 2.75) is 32.2 Å². The van der Waals surface area contributed by atoms with Crippen LogP contribution in [0.5, 0.6) is 0 Å². The third kappa shape index (κ3) is 5.10. The zero-order valence-electron chi connectivity index (χ0n) is 11.7. The summed E-state index contributed by atoms with van der Waals surface area (Å²) in [7, 11) is 0. The molecular formula is C15H22ClFN2O. The van der Waals surface area contributed by atoms with Crippen LogP contribution in [0.2, 0.25) is 0 Å². The molecule has 1 aliphatic heterocycles. The molecule has 2 unspecified atom stereocenters. The number of carbonyl (C=O) groups is 1. The molecule has 20 heavy (non-hydrogen) atoms. The number of piperidine rings is 1. The number of carbonyl (C=O) groups excluding carboxylic acids is 1. The highest BCUT2D eigenvalue weighted by molar-refractivity contribution is 5.85. The van der Waals surface area contributed by atoms with E-state index in [4.69, 9.17) is 0 Å². The van der Waals surface area contributed by atoms with Gasteiger partial charge in [-0.05, 0) is 56.5 Å². The molecule has 2 rings (SSSR count). The lowest BCUT2D eigenvalue weighted by Gasteiger charge is -2.29. The first-order valence-corrected chi connectivity index (χ1v) is 6.89. The fourth-order valence-corrected chi connectivity index (χ4v) is 2.56. The topological polar surface area (TPSA) is 41.1 Å². The number of rotatable bonds is 4. The van der Waals surface area contributed by atoms with Crippen molar-refractivity contribution in [1.29, 1.82) is 0 Å². The van der Waals surface area contributed by atoms with Gasteiger partial charge in [-0.1, -0.05) is 12.1 Å². The van der Waals surface area contributed by atoms with Crippen LogP contribution in [0.25, 0.3) is 0 Å². The van der Waals surface area contributed by atoms with E-state index >= 15 is 0 Å². The van der Waals surface area contributed by atoms with Gasteiger partial charge in [0, 0.05) is 6.04 Å². The van der Waals surface area contributed by atoms with Crippen molar-refractivity contribution in [2.75, 3.05) is 13.1 Å².